The Morgan fingerprint density at radius 2 is 2.14 bits per heavy atom. The molecule has 1 N–H and O–H groups in total. The molecular weight excluding hydrogens is 264 g/mol. The van der Waals surface area contributed by atoms with Gasteiger partial charge in [0.15, 0.2) is 5.82 Å². The van der Waals surface area contributed by atoms with E-state index in [1.807, 2.05) is 0 Å². The first-order valence-electron chi connectivity index (χ1n) is 8.19. The van der Waals surface area contributed by atoms with Gasteiger partial charge in [0.25, 0.3) is 0 Å². The number of nitrogens with zero attached hydrogens (tertiary/aromatic N) is 3. The molecule has 1 aliphatic carbocycles. The maximum atomic E-state index is 5.89. The van der Waals surface area contributed by atoms with Crippen LogP contribution in [0.25, 0.3) is 0 Å². The van der Waals surface area contributed by atoms with Crippen LogP contribution in [0, 0.1) is 0 Å². The van der Waals surface area contributed by atoms with E-state index in [0.29, 0.717) is 5.92 Å². The van der Waals surface area contributed by atoms with Crippen molar-refractivity contribution in [2.75, 3.05) is 38.6 Å². The second kappa shape index (κ2) is 6.71. The molecule has 1 unspecified atom stereocenters. The lowest BCUT2D eigenvalue weighted by Crippen LogP contribution is -2.36. The van der Waals surface area contributed by atoms with E-state index in [1.165, 1.54) is 31.4 Å². The smallest absolute Gasteiger partial charge is 0.161 e. The topological polar surface area (TPSA) is 50.3 Å². The summed E-state index contributed by atoms with van der Waals surface area (Å²) in [5, 5.41) is 3.34. The summed E-state index contributed by atoms with van der Waals surface area (Å²) in [7, 11) is 2.13. The van der Waals surface area contributed by atoms with Crippen molar-refractivity contribution >= 4 is 5.82 Å². The molecule has 5 nitrogen and oxygen atoms in total. The molecule has 21 heavy (non-hydrogen) atoms. The number of likely N-dealkylation sites (N-methyl/N-ethyl adjacent to an activating group) is 1. The lowest BCUT2D eigenvalue weighted by atomic mass is 10.0. The number of hydrogen-bond acceptors (Lipinski definition) is 5. The van der Waals surface area contributed by atoms with E-state index in [1.54, 1.807) is 0 Å². The third kappa shape index (κ3) is 3.52. The van der Waals surface area contributed by atoms with E-state index >= 15 is 0 Å². The summed E-state index contributed by atoms with van der Waals surface area (Å²) in [5.41, 5.74) is 1.20. The first kappa shape index (κ1) is 14.7. The van der Waals surface area contributed by atoms with Crippen molar-refractivity contribution in [3.05, 3.63) is 17.6 Å². The number of morpholine rings is 1. The van der Waals surface area contributed by atoms with E-state index < -0.39 is 0 Å². The van der Waals surface area contributed by atoms with Gasteiger partial charge >= 0.3 is 0 Å². The molecule has 2 aliphatic rings. The zero-order valence-electron chi connectivity index (χ0n) is 13.1. The summed E-state index contributed by atoms with van der Waals surface area (Å²) < 4.78 is 5.89. The van der Waals surface area contributed by atoms with Gasteiger partial charge in [0.1, 0.15) is 11.9 Å². The SMILES string of the molecule is CCNc1cc(C2CCCC2)nc(C2CN(C)CCO2)n1. The van der Waals surface area contributed by atoms with Gasteiger partial charge in [-0.15, -0.1) is 0 Å². The van der Waals surface area contributed by atoms with Gasteiger partial charge in [-0.25, -0.2) is 9.97 Å². The monoisotopic (exact) mass is 290 g/mol. The molecule has 5 heteroatoms. The van der Waals surface area contributed by atoms with Crippen LogP contribution in [-0.2, 0) is 4.74 Å². The molecule has 2 fully saturated rings. The molecule has 1 saturated carbocycles. The van der Waals surface area contributed by atoms with Gasteiger partial charge in [0, 0.05) is 37.3 Å². The highest BCUT2D eigenvalue weighted by molar-refractivity contribution is 5.37. The van der Waals surface area contributed by atoms with Gasteiger partial charge in [0.2, 0.25) is 0 Å². The first-order valence-corrected chi connectivity index (χ1v) is 8.19. The summed E-state index contributed by atoms with van der Waals surface area (Å²) in [6, 6.07) is 2.13. The Labute approximate surface area is 127 Å². The highest BCUT2D eigenvalue weighted by atomic mass is 16.5. The van der Waals surface area contributed by atoms with Gasteiger partial charge in [0.05, 0.1) is 6.61 Å². The largest absolute Gasteiger partial charge is 0.370 e. The summed E-state index contributed by atoms with van der Waals surface area (Å²) in [6.07, 6.45) is 5.16. The van der Waals surface area contributed by atoms with Crippen molar-refractivity contribution in [3.8, 4) is 0 Å². The summed E-state index contributed by atoms with van der Waals surface area (Å²) in [5.74, 6) is 2.40. The minimum Gasteiger partial charge on any atom is -0.370 e. The molecule has 2 heterocycles. The number of rotatable bonds is 4. The van der Waals surface area contributed by atoms with E-state index in [0.717, 1.165) is 37.9 Å². The van der Waals surface area contributed by atoms with Crippen molar-refractivity contribution in [1.29, 1.82) is 0 Å². The summed E-state index contributed by atoms with van der Waals surface area (Å²) >= 11 is 0. The van der Waals surface area contributed by atoms with Crippen LogP contribution in [0.3, 0.4) is 0 Å². The first-order chi connectivity index (χ1) is 10.3. The highest BCUT2D eigenvalue weighted by Gasteiger charge is 2.25. The molecule has 1 saturated heterocycles. The number of aromatic nitrogens is 2. The Morgan fingerprint density at radius 1 is 1.33 bits per heavy atom. The fourth-order valence-electron chi connectivity index (χ4n) is 3.27. The third-order valence-corrected chi connectivity index (χ3v) is 4.45. The number of ether oxygens (including phenoxy) is 1. The van der Waals surface area contributed by atoms with Gasteiger partial charge < -0.3 is 15.0 Å². The van der Waals surface area contributed by atoms with Gasteiger partial charge in [-0.3, -0.25) is 0 Å². The molecule has 116 valence electrons. The minimum atomic E-state index is 0.00232. The van der Waals surface area contributed by atoms with Crippen LogP contribution >= 0.6 is 0 Å². The quantitative estimate of drug-likeness (QED) is 0.923. The molecular formula is C16H26N4O. The highest BCUT2D eigenvalue weighted by Crippen LogP contribution is 2.34. The Hall–Kier alpha value is -1.20. The predicted octanol–water partition coefficient (Wildman–Crippen LogP) is 2.57. The molecule has 0 amide bonds. The summed E-state index contributed by atoms with van der Waals surface area (Å²) in [4.78, 5) is 11.8. The number of nitrogens with one attached hydrogen (secondary N) is 1. The van der Waals surface area contributed by atoms with E-state index in [9.17, 15) is 0 Å². The van der Waals surface area contributed by atoms with Crippen LogP contribution in [0.5, 0.6) is 0 Å². The maximum Gasteiger partial charge on any atom is 0.161 e. The van der Waals surface area contributed by atoms with Crippen molar-refractivity contribution in [2.24, 2.45) is 0 Å². The Kier molecular flexibility index (Phi) is 4.70. The fourth-order valence-corrected chi connectivity index (χ4v) is 3.27. The Morgan fingerprint density at radius 3 is 2.86 bits per heavy atom. The normalized spacial score (nSPS) is 24.4. The Balaban J connectivity index is 1.86. The molecule has 1 aromatic heterocycles. The predicted molar refractivity (Wildman–Crippen MR) is 83.6 cm³/mol. The molecule has 1 aliphatic heterocycles. The minimum absolute atomic E-state index is 0.00232. The fraction of sp³-hybridized carbons (Fsp3) is 0.750. The average Bonchev–Trinajstić information content (AvgIpc) is 3.01. The zero-order chi connectivity index (χ0) is 14.7. The van der Waals surface area contributed by atoms with Crippen LogP contribution in [0.15, 0.2) is 6.07 Å². The molecule has 0 aromatic carbocycles. The molecule has 0 bridgehead atoms. The molecule has 3 rings (SSSR count). The van der Waals surface area contributed by atoms with Crippen molar-refractivity contribution in [3.63, 3.8) is 0 Å². The van der Waals surface area contributed by atoms with Gasteiger partial charge in [-0.05, 0) is 26.8 Å². The second-order valence-corrected chi connectivity index (χ2v) is 6.17. The van der Waals surface area contributed by atoms with E-state index in [-0.39, 0.29) is 6.10 Å². The lowest BCUT2D eigenvalue weighted by Gasteiger charge is -2.29. The van der Waals surface area contributed by atoms with Crippen LogP contribution in [0.4, 0.5) is 5.82 Å². The van der Waals surface area contributed by atoms with Crippen molar-refractivity contribution in [1.82, 2.24) is 14.9 Å². The van der Waals surface area contributed by atoms with Crippen LogP contribution < -0.4 is 5.32 Å². The molecule has 0 spiro atoms. The van der Waals surface area contributed by atoms with Crippen molar-refractivity contribution < 1.29 is 4.74 Å². The van der Waals surface area contributed by atoms with Crippen LogP contribution in [0.1, 0.15) is 56.1 Å². The number of anilines is 1. The van der Waals surface area contributed by atoms with Gasteiger partial charge in [-0.1, -0.05) is 12.8 Å². The van der Waals surface area contributed by atoms with Gasteiger partial charge in [-0.2, -0.15) is 0 Å². The third-order valence-electron chi connectivity index (χ3n) is 4.45. The number of hydrogen-bond donors (Lipinski definition) is 1. The average molecular weight is 290 g/mol. The standard InChI is InChI=1S/C16H26N4O/c1-3-17-15-10-13(12-6-4-5-7-12)18-16(19-15)14-11-20(2)8-9-21-14/h10,12,14H,3-9,11H2,1-2H3,(H,17,18,19). The maximum absolute atomic E-state index is 5.89. The van der Waals surface area contributed by atoms with Crippen LogP contribution in [0.2, 0.25) is 0 Å². The summed E-state index contributed by atoms with van der Waals surface area (Å²) in [6.45, 7) is 5.60. The van der Waals surface area contributed by atoms with Crippen LogP contribution in [-0.4, -0.2) is 48.2 Å². The Bertz CT molecular complexity index is 473. The lowest BCUT2D eigenvalue weighted by molar-refractivity contribution is -0.0255. The van der Waals surface area contributed by atoms with E-state index in [4.69, 9.17) is 9.72 Å². The molecule has 1 atom stereocenters. The molecule has 1 aromatic rings. The van der Waals surface area contributed by atoms with E-state index in [2.05, 4.69) is 35.2 Å². The zero-order valence-corrected chi connectivity index (χ0v) is 13.1. The second-order valence-electron chi connectivity index (χ2n) is 6.17. The van der Waals surface area contributed by atoms with Crippen molar-refractivity contribution in [2.45, 2.75) is 44.6 Å². The molecule has 0 radical (unpaired) electrons.